The maximum Gasteiger partial charge on any atom is 0.259 e. The lowest BCUT2D eigenvalue weighted by molar-refractivity contribution is 0.0989. The molecule has 0 aliphatic rings. The molecule has 0 saturated carbocycles. The van der Waals surface area contributed by atoms with Gasteiger partial charge >= 0.3 is 0 Å². The third-order valence-electron chi connectivity index (χ3n) is 4.54. The highest BCUT2D eigenvalue weighted by Crippen LogP contribution is 2.27. The number of hydrogen-bond donors (Lipinski definition) is 0. The minimum atomic E-state index is -0.0113. The first-order valence-corrected chi connectivity index (χ1v) is 8.53. The van der Waals surface area contributed by atoms with Crippen molar-refractivity contribution >= 4 is 22.6 Å². The molecule has 0 aliphatic carbocycles. The Morgan fingerprint density at radius 2 is 1.88 bits per heavy atom. The summed E-state index contributed by atoms with van der Waals surface area (Å²) in [5, 5.41) is 5.28. The Morgan fingerprint density at radius 3 is 2.56 bits per heavy atom. The van der Waals surface area contributed by atoms with Gasteiger partial charge in [0.05, 0.1) is 16.6 Å². The molecule has 0 aliphatic heterocycles. The van der Waals surface area contributed by atoms with Gasteiger partial charge < -0.3 is 4.90 Å². The van der Waals surface area contributed by atoms with Crippen molar-refractivity contribution in [3.05, 3.63) is 52.3 Å². The summed E-state index contributed by atoms with van der Waals surface area (Å²) in [6.07, 6.45) is 0. The zero-order valence-electron chi connectivity index (χ0n) is 15.7. The van der Waals surface area contributed by atoms with Gasteiger partial charge in [0.1, 0.15) is 0 Å². The molecular formula is C20H24N4O. The van der Waals surface area contributed by atoms with Gasteiger partial charge in [0.25, 0.3) is 5.91 Å². The van der Waals surface area contributed by atoms with E-state index >= 15 is 0 Å². The topological polar surface area (TPSA) is 51.0 Å². The number of rotatable bonds is 3. The van der Waals surface area contributed by atoms with Crippen molar-refractivity contribution in [1.29, 1.82) is 0 Å². The molecule has 25 heavy (non-hydrogen) atoms. The molecule has 0 spiro atoms. The summed E-state index contributed by atoms with van der Waals surface area (Å²) in [6, 6.07) is 8.06. The summed E-state index contributed by atoms with van der Waals surface area (Å²) in [7, 11) is 1.86. The van der Waals surface area contributed by atoms with E-state index < -0.39 is 0 Å². The predicted octanol–water partition coefficient (Wildman–Crippen LogP) is 3.87. The molecule has 2 aromatic heterocycles. The SMILES string of the molecule is CCN(C(=O)c1cc(C)nc2c1c(C)nn2C)c1cc(C)ccc1C. The third-order valence-corrected chi connectivity index (χ3v) is 4.54. The molecule has 130 valence electrons. The van der Waals surface area contributed by atoms with E-state index in [0.717, 1.165) is 39.2 Å². The zero-order valence-corrected chi connectivity index (χ0v) is 15.7. The van der Waals surface area contributed by atoms with Gasteiger partial charge in [0.15, 0.2) is 5.65 Å². The second-order valence-corrected chi connectivity index (χ2v) is 6.56. The Labute approximate surface area is 148 Å². The highest BCUT2D eigenvalue weighted by molar-refractivity contribution is 6.14. The molecule has 0 atom stereocenters. The minimum absolute atomic E-state index is 0.0113. The van der Waals surface area contributed by atoms with Crippen molar-refractivity contribution in [3.8, 4) is 0 Å². The summed E-state index contributed by atoms with van der Waals surface area (Å²) >= 11 is 0. The molecule has 0 radical (unpaired) electrons. The highest BCUT2D eigenvalue weighted by Gasteiger charge is 2.23. The molecule has 1 aromatic carbocycles. The molecule has 0 unspecified atom stereocenters. The number of anilines is 1. The third kappa shape index (κ3) is 2.90. The van der Waals surface area contributed by atoms with Gasteiger partial charge in [-0.25, -0.2) is 4.98 Å². The summed E-state index contributed by atoms with van der Waals surface area (Å²) in [6.45, 7) is 10.5. The number of nitrogens with zero attached hydrogens (tertiary/aromatic N) is 4. The number of aromatic nitrogens is 3. The van der Waals surface area contributed by atoms with Crippen LogP contribution >= 0.6 is 0 Å². The molecule has 0 saturated heterocycles. The van der Waals surface area contributed by atoms with Crippen molar-refractivity contribution in [1.82, 2.24) is 14.8 Å². The van der Waals surface area contributed by atoms with Gasteiger partial charge in [0.2, 0.25) is 0 Å². The van der Waals surface area contributed by atoms with Crippen molar-refractivity contribution in [2.45, 2.75) is 34.6 Å². The first-order chi connectivity index (χ1) is 11.8. The lowest BCUT2D eigenvalue weighted by atomic mass is 10.1. The van der Waals surface area contributed by atoms with E-state index in [0.29, 0.717) is 12.1 Å². The van der Waals surface area contributed by atoms with Gasteiger partial charge in [-0.15, -0.1) is 0 Å². The maximum absolute atomic E-state index is 13.4. The normalized spacial score (nSPS) is 11.1. The van der Waals surface area contributed by atoms with Crippen molar-refractivity contribution in [2.75, 3.05) is 11.4 Å². The number of carbonyl (C=O) groups is 1. The van der Waals surface area contributed by atoms with Gasteiger partial charge in [0, 0.05) is 25.0 Å². The van der Waals surface area contributed by atoms with Crippen LogP contribution in [0.25, 0.3) is 11.0 Å². The Balaban J connectivity index is 2.20. The van der Waals surface area contributed by atoms with Crippen LogP contribution < -0.4 is 4.90 Å². The molecular weight excluding hydrogens is 312 g/mol. The molecule has 3 rings (SSSR count). The molecule has 5 nitrogen and oxygen atoms in total. The van der Waals surface area contributed by atoms with E-state index in [4.69, 9.17) is 0 Å². The van der Waals surface area contributed by atoms with Crippen LogP contribution in [0.3, 0.4) is 0 Å². The van der Waals surface area contributed by atoms with E-state index in [1.54, 1.807) is 4.68 Å². The Morgan fingerprint density at radius 1 is 1.16 bits per heavy atom. The number of benzene rings is 1. The van der Waals surface area contributed by atoms with Gasteiger partial charge in [-0.2, -0.15) is 5.10 Å². The van der Waals surface area contributed by atoms with Crippen molar-refractivity contribution in [2.24, 2.45) is 7.05 Å². The molecule has 1 amide bonds. The van der Waals surface area contributed by atoms with E-state index in [-0.39, 0.29) is 5.91 Å². The van der Waals surface area contributed by atoms with Crippen LogP contribution in [0.15, 0.2) is 24.3 Å². The van der Waals surface area contributed by atoms with Crippen LogP contribution in [0.1, 0.15) is 39.8 Å². The maximum atomic E-state index is 13.4. The van der Waals surface area contributed by atoms with E-state index in [1.807, 2.05) is 52.6 Å². The van der Waals surface area contributed by atoms with Crippen LogP contribution in [0, 0.1) is 27.7 Å². The summed E-state index contributed by atoms with van der Waals surface area (Å²) < 4.78 is 1.74. The van der Waals surface area contributed by atoms with Crippen molar-refractivity contribution < 1.29 is 4.79 Å². The second-order valence-electron chi connectivity index (χ2n) is 6.56. The summed E-state index contributed by atoms with van der Waals surface area (Å²) in [5.41, 5.74) is 6.23. The van der Waals surface area contributed by atoms with Gasteiger partial charge in [-0.1, -0.05) is 12.1 Å². The summed E-state index contributed by atoms with van der Waals surface area (Å²) in [5.74, 6) is -0.0113. The average Bonchev–Trinajstić information content (AvgIpc) is 2.84. The predicted molar refractivity (Wildman–Crippen MR) is 101 cm³/mol. The molecule has 5 heteroatoms. The first kappa shape index (κ1) is 17.1. The molecule has 2 heterocycles. The fourth-order valence-electron chi connectivity index (χ4n) is 3.32. The zero-order chi connectivity index (χ0) is 18.3. The number of aryl methyl sites for hydroxylation is 5. The number of amides is 1. The van der Waals surface area contributed by atoms with Crippen LogP contribution in [0.5, 0.6) is 0 Å². The molecule has 0 fully saturated rings. The lowest BCUT2D eigenvalue weighted by Crippen LogP contribution is -2.31. The van der Waals surface area contributed by atoms with Gasteiger partial charge in [-0.05, 0) is 57.9 Å². The molecule has 3 aromatic rings. The fourth-order valence-corrected chi connectivity index (χ4v) is 3.32. The summed E-state index contributed by atoms with van der Waals surface area (Å²) in [4.78, 5) is 19.8. The number of carbonyl (C=O) groups excluding carboxylic acids is 1. The van der Waals surface area contributed by atoms with E-state index in [2.05, 4.69) is 28.3 Å². The van der Waals surface area contributed by atoms with Gasteiger partial charge in [-0.3, -0.25) is 9.48 Å². The Kier molecular flexibility index (Phi) is 4.33. The number of pyridine rings is 1. The minimum Gasteiger partial charge on any atom is -0.308 e. The lowest BCUT2D eigenvalue weighted by Gasteiger charge is -2.24. The van der Waals surface area contributed by atoms with Crippen molar-refractivity contribution in [3.63, 3.8) is 0 Å². The standard InChI is InChI=1S/C20H24N4O/c1-7-24(17-10-12(2)8-9-13(17)3)20(25)16-11-14(4)21-19-18(16)15(5)22-23(19)6/h8-11H,7H2,1-6H3. The van der Waals surface area contributed by atoms with Crippen LogP contribution in [-0.2, 0) is 7.05 Å². The Hall–Kier alpha value is -2.69. The second kappa shape index (κ2) is 6.31. The van der Waals surface area contributed by atoms with E-state index in [9.17, 15) is 4.79 Å². The van der Waals surface area contributed by atoms with Crippen LogP contribution in [-0.4, -0.2) is 27.2 Å². The smallest absolute Gasteiger partial charge is 0.259 e. The Bertz CT molecular complexity index is 971. The van der Waals surface area contributed by atoms with Crippen LogP contribution in [0.4, 0.5) is 5.69 Å². The first-order valence-electron chi connectivity index (χ1n) is 8.53. The largest absolute Gasteiger partial charge is 0.308 e. The number of hydrogen-bond acceptors (Lipinski definition) is 3. The van der Waals surface area contributed by atoms with Crippen LogP contribution in [0.2, 0.25) is 0 Å². The number of fused-ring (bicyclic) bond motifs is 1. The monoisotopic (exact) mass is 336 g/mol. The fraction of sp³-hybridized carbons (Fsp3) is 0.350. The molecule has 0 N–H and O–H groups in total. The van der Waals surface area contributed by atoms with E-state index in [1.165, 1.54) is 0 Å². The quantitative estimate of drug-likeness (QED) is 0.729. The average molecular weight is 336 g/mol. The highest BCUT2D eigenvalue weighted by atomic mass is 16.2. The molecule has 0 bridgehead atoms.